The summed E-state index contributed by atoms with van der Waals surface area (Å²) in [6.07, 6.45) is 3.16. The molecule has 1 heterocycles. The number of halogens is 1. The summed E-state index contributed by atoms with van der Waals surface area (Å²) in [4.78, 5) is 18.1. The van der Waals surface area contributed by atoms with Gasteiger partial charge < -0.3 is 5.32 Å². The quantitative estimate of drug-likeness (QED) is 0.618. The lowest BCUT2D eigenvalue weighted by atomic mass is 10.0. The number of urea groups is 1. The fourth-order valence-electron chi connectivity index (χ4n) is 2.99. The molecule has 0 aliphatic heterocycles. The van der Waals surface area contributed by atoms with Crippen LogP contribution in [0, 0.1) is 0 Å². The van der Waals surface area contributed by atoms with Gasteiger partial charge in [-0.15, -0.1) is 11.3 Å². The van der Waals surface area contributed by atoms with Crippen molar-refractivity contribution in [3.8, 4) is 11.3 Å². The Labute approximate surface area is 154 Å². The van der Waals surface area contributed by atoms with E-state index in [2.05, 4.69) is 33.8 Å². The van der Waals surface area contributed by atoms with E-state index in [4.69, 9.17) is 11.6 Å². The van der Waals surface area contributed by atoms with Gasteiger partial charge in [-0.25, -0.2) is 9.78 Å². The first-order valence-electron chi connectivity index (χ1n) is 8.10. The first kappa shape index (κ1) is 16.1. The summed E-state index contributed by atoms with van der Waals surface area (Å²) in [6.45, 7) is 0. The second kappa shape index (κ2) is 6.86. The molecule has 2 amide bonds. The average molecular weight is 370 g/mol. The Bertz CT molecular complexity index is 921. The number of benzene rings is 2. The summed E-state index contributed by atoms with van der Waals surface area (Å²) >= 11 is 7.40. The lowest BCUT2D eigenvalue weighted by molar-refractivity contribution is 0.262. The molecule has 0 saturated heterocycles. The van der Waals surface area contributed by atoms with Crippen LogP contribution in [0.3, 0.4) is 0 Å². The van der Waals surface area contributed by atoms with E-state index >= 15 is 0 Å². The molecule has 0 saturated carbocycles. The molecule has 3 aromatic rings. The van der Waals surface area contributed by atoms with Crippen molar-refractivity contribution in [2.24, 2.45) is 0 Å². The van der Waals surface area contributed by atoms with Crippen LogP contribution in [-0.4, -0.2) is 11.0 Å². The first-order chi connectivity index (χ1) is 12.2. The Morgan fingerprint density at radius 2 is 1.84 bits per heavy atom. The molecule has 2 N–H and O–H groups in total. The highest BCUT2D eigenvalue weighted by Crippen LogP contribution is 2.37. The van der Waals surface area contributed by atoms with Crippen molar-refractivity contribution in [3.05, 3.63) is 64.0 Å². The molecule has 25 heavy (non-hydrogen) atoms. The second-order valence-electron chi connectivity index (χ2n) is 5.89. The SMILES string of the molecule is O=C(Nc1ccc(Cl)cc1)Nc1nc2c(s1)CCCc1ccccc1-2. The van der Waals surface area contributed by atoms with E-state index in [1.807, 2.05) is 6.07 Å². The average Bonchev–Trinajstić information content (AvgIpc) is 2.91. The van der Waals surface area contributed by atoms with Crippen LogP contribution < -0.4 is 10.6 Å². The zero-order valence-corrected chi connectivity index (χ0v) is 15.0. The van der Waals surface area contributed by atoms with Gasteiger partial charge in [0, 0.05) is 21.2 Å². The Kier molecular flexibility index (Phi) is 4.42. The molecule has 0 fully saturated rings. The van der Waals surface area contributed by atoms with Crippen molar-refractivity contribution in [2.45, 2.75) is 19.3 Å². The largest absolute Gasteiger partial charge is 0.325 e. The number of thiazole rings is 1. The third kappa shape index (κ3) is 3.52. The standard InChI is InChI=1S/C19H16ClN3OS/c20-13-8-10-14(11-9-13)21-18(24)23-19-22-17-15-6-2-1-4-12(15)5-3-7-16(17)25-19/h1-2,4,6,8-11H,3,5,7H2,(H2,21,22,23,24). The maximum Gasteiger partial charge on any atom is 0.325 e. The van der Waals surface area contributed by atoms with Crippen LogP contribution in [0.4, 0.5) is 15.6 Å². The highest BCUT2D eigenvalue weighted by Gasteiger charge is 2.19. The van der Waals surface area contributed by atoms with Crippen molar-refractivity contribution in [3.63, 3.8) is 0 Å². The summed E-state index contributed by atoms with van der Waals surface area (Å²) in [7, 11) is 0. The maximum atomic E-state index is 12.2. The Morgan fingerprint density at radius 1 is 1.04 bits per heavy atom. The van der Waals surface area contributed by atoms with Crippen LogP contribution in [0.2, 0.25) is 5.02 Å². The number of aryl methyl sites for hydroxylation is 2. The summed E-state index contributed by atoms with van der Waals surface area (Å²) in [5.41, 5.74) is 4.19. The van der Waals surface area contributed by atoms with Gasteiger partial charge in [0.25, 0.3) is 0 Å². The van der Waals surface area contributed by atoms with Gasteiger partial charge in [-0.2, -0.15) is 0 Å². The third-order valence-corrected chi connectivity index (χ3v) is 5.42. The second-order valence-corrected chi connectivity index (χ2v) is 7.41. The molecule has 1 aromatic heterocycles. The predicted octanol–water partition coefficient (Wildman–Crippen LogP) is 5.60. The van der Waals surface area contributed by atoms with E-state index in [0.717, 1.165) is 25.0 Å². The van der Waals surface area contributed by atoms with Gasteiger partial charge in [-0.1, -0.05) is 35.9 Å². The van der Waals surface area contributed by atoms with Gasteiger partial charge in [0.2, 0.25) is 0 Å². The lowest BCUT2D eigenvalue weighted by Crippen LogP contribution is -2.19. The van der Waals surface area contributed by atoms with E-state index in [-0.39, 0.29) is 6.03 Å². The minimum Gasteiger partial charge on any atom is -0.308 e. The highest BCUT2D eigenvalue weighted by molar-refractivity contribution is 7.16. The zero-order chi connectivity index (χ0) is 17.2. The molecule has 4 rings (SSSR count). The van der Waals surface area contributed by atoms with Gasteiger partial charge in [-0.3, -0.25) is 5.32 Å². The molecular weight excluding hydrogens is 354 g/mol. The topological polar surface area (TPSA) is 54.0 Å². The first-order valence-corrected chi connectivity index (χ1v) is 9.30. The molecule has 6 heteroatoms. The number of aromatic nitrogens is 1. The maximum absolute atomic E-state index is 12.2. The van der Waals surface area contributed by atoms with Crippen molar-refractivity contribution >= 4 is 39.8 Å². The van der Waals surface area contributed by atoms with Crippen molar-refractivity contribution in [1.82, 2.24) is 4.98 Å². The number of carbonyl (C=O) groups excluding carboxylic acids is 1. The van der Waals surface area contributed by atoms with Crippen LogP contribution in [-0.2, 0) is 12.8 Å². The molecule has 0 bridgehead atoms. The Morgan fingerprint density at radius 3 is 2.68 bits per heavy atom. The van der Waals surface area contributed by atoms with E-state index in [0.29, 0.717) is 15.8 Å². The van der Waals surface area contributed by atoms with E-state index in [9.17, 15) is 4.79 Å². The number of nitrogens with one attached hydrogen (secondary N) is 2. The molecule has 0 atom stereocenters. The molecule has 2 aromatic carbocycles. The Hall–Kier alpha value is -2.37. The van der Waals surface area contributed by atoms with Gasteiger partial charge in [-0.05, 0) is 49.1 Å². The van der Waals surface area contributed by atoms with Gasteiger partial charge >= 0.3 is 6.03 Å². The van der Waals surface area contributed by atoms with Crippen molar-refractivity contribution < 1.29 is 4.79 Å². The van der Waals surface area contributed by atoms with E-state index in [1.165, 1.54) is 16.0 Å². The van der Waals surface area contributed by atoms with Gasteiger partial charge in [0.1, 0.15) is 0 Å². The minimum absolute atomic E-state index is 0.306. The van der Waals surface area contributed by atoms with Crippen LogP contribution in [0.5, 0.6) is 0 Å². The predicted molar refractivity (Wildman–Crippen MR) is 104 cm³/mol. The van der Waals surface area contributed by atoms with Crippen molar-refractivity contribution in [2.75, 3.05) is 10.6 Å². The number of fused-ring (bicyclic) bond motifs is 3. The summed E-state index contributed by atoms with van der Waals surface area (Å²) in [5.74, 6) is 0. The Balaban J connectivity index is 1.54. The number of nitrogens with zero attached hydrogens (tertiary/aromatic N) is 1. The molecule has 1 aliphatic rings. The normalized spacial score (nSPS) is 12.7. The fraction of sp³-hybridized carbons (Fsp3) is 0.158. The summed E-state index contributed by atoms with van der Waals surface area (Å²) < 4.78 is 0. The molecular formula is C19H16ClN3OS. The number of anilines is 2. The number of hydrogen-bond acceptors (Lipinski definition) is 3. The molecule has 0 radical (unpaired) electrons. The summed E-state index contributed by atoms with van der Waals surface area (Å²) in [5, 5.41) is 6.88. The number of rotatable bonds is 2. The molecule has 0 spiro atoms. The van der Waals surface area contributed by atoms with Crippen LogP contribution in [0.15, 0.2) is 48.5 Å². The summed E-state index contributed by atoms with van der Waals surface area (Å²) in [6, 6.07) is 15.0. The third-order valence-electron chi connectivity index (χ3n) is 4.14. The molecule has 4 nitrogen and oxygen atoms in total. The van der Waals surface area contributed by atoms with Crippen molar-refractivity contribution in [1.29, 1.82) is 0 Å². The molecule has 0 unspecified atom stereocenters. The fourth-order valence-corrected chi connectivity index (χ4v) is 4.13. The van der Waals surface area contributed by atoms with Crippen LogP contribution in [0.1, 0.15) is 16.9 Å². The van der Waals surface area contributed by atoms with Gasteiger partial charge in [0.15, 0.2) is 5.13 Å². The highest BCUT2D eigenvalue weighted by atomic mass is 35.5. The number of carbonyl (C=O) groups is 1. The van der Waals surface area contributed by atoms with E-state index < -0.39 is 0 Å². The molecule has 1 aliphatic carbocycles. The number of hydrogen-bond donors (Lipinski definition) is 2. The zero-order valence-electron chi connectivity index (χ0n) is 13.4. The number of amides is 2. The van der Waals surface area contributed by atoms with Crippen LogP contribution in [0.25, 0.3) is 11.3 Å². The monoisotopic (exact) mass is 369 g/mol. The van der Waals surface area contributed by atoms with E-state index in [1.54, 1.807) is 35.6 Å². The van der Waals surface area contributed by atoms with Gasteiger partial charge in [0.05, 0.1) is 5.69 Å². The molecule has 126 valence electrons. The lowest BCUT2D eigenvalue weighted by Gasteiger charge is -2.06. The van der Waals surface area contributed by atoms with Crippen LogP contribution >= 0.6 is 22.9 Å². The minimum atomic E-state index is -0.306. The smallest absolute Gasteiger partial charge is 0.308 e.